The number of benzene rings is 2. The van der Waals surface area contributed by atoms with E-state index in [2.05, 4.69) is 15.3 Å². The zero-order valence-corrected chi connectivity index (χ0v) is 19.3. The van der Waals surface area contributed by atoms with Gasteiger partial charge in [-0.05, 0) is 48.4 Å². The number of nitrogens with zero attached hydrogens (tertiary/aromatic N) is 4. The molecule has 35 heavy (non-hydrogen) atoms. The number of aliphatic imine (C=N–C) groups is 1. The molecule has 0 radical (unpaired) electrons. The number of guanidine groups is 1. The Morgan fingerprint density at radius 2 is 2.00 bits per heavy atom. The summed E-state index contributed by atoms with van der Waals surface area (Å²) in [4.78, 5) is 23.2. The summed E-state index contributed by atoms with van der Waals surface area (Å²) in [5.74, 6) is -0.0587. The number of rotatable bonds is 8. The zero-order chi connectivity index (χ0) is 24.9. The van der Waals surface area contributed by atoms with Crippen molar-refractivity contribution in [2.45, 2.75) is 13.0 Å². The van der Waals surface area contributed by atoms with Gasteiger partial charge in [0.2, 0.25) is 5.96 Å². The van der Waals surface area contributed by atoms with Crippen molar-refractivity contribution in [3.63, 3.8) is 0 Å². The first kappa shape index (κ1) is 24.1. The number of halogens is 1. The number of hydrogen-bond donors (Lipinski definition) is 3. The van der Waals surface area contributed by atoms with Crippen molar-refractivity contribution in [1.82, 2.24) is 19.8 Å². The van der Waals surface area contributed by atoms with Crippen molar-refractivity contribution < 1.29 is 24.1 Å². The number of nitrogens with one attached hydrogen (secondary N) is 1. The molecule has 0 aliphatic carbocycles. The van der Waals surface area contributed by atoms with Crippen molar-refractivity contribution in [1.29, 1.82) is 0 Å². The van der Waals surface area contributed by atoms with E-state index in [0.29, 0.717) is 16.9 Å². The number of aromatic nitrogens is 2. The first-order chi connectivity index (χ1) is 16.9. The highest BCUT2D eigenvalue weighted by Crippen LogP contribution is 2.29. The molecule has 1 aliphatic rings. The van der Waals surface area contributed by atoms with Crippen LogP contribution in [0.5, 0.6) is 5.75 Å². The van der Waals surface area contributed by atoms with Crippen LogP contribution in [0.3, 0.4) is 0 Å². The standard InChI is InChI=1S/C25H26FN5O4/c1-16-13-30(15-28-16)21-8-3-17(12-23(21)35-2)11-20-24(34)31(25(29-20)27-9-10-32)22(14-33)18-4-6-19(26)7-5-18/h3-8,11-13,15,22,32-33H,9-10,14H2,1-2H3,(H,27,29)/t22-/m1/s1. The topological polar surface area (TPSA) is 112 Å². The molecular weight excluding hydrogens is 453 g/mol. The molecule has 0 bridgehead atoms. The summed E-state index contributed by atoms with van der Waals surface area (Å²) in [6.07, 6.45) is 5.23. The average Bonchev–Trinajstić information content (AvgIpc) is 3.42. The molecule has 0 unspecified atom stereocenters. The highest BCUT2D eigenvalue weighted by atomic mass is 19.1. The Kier molecular flexibility index (Phi) is 7.23. The van der Waals surface area contributed by atoms with Crippen molar-refractivity contribution in [3.8, 4) is 11.4 Å². The number of imidazole rings is 1. The normalized spacial score (nSPS) is 16.7. The van der Waals surface area contributed by atoms with Crippen molar-refractivity contribution >= 4 is 17.9 Å². The highest BCUT2D eigenvalue weighted by Gasteiger charge is 2.37. The Morgan fingerprint density at radius 3 is 2.63 bits per heavy atom. The molecule has 2 aromatic carbocycles. The predicted octanol–water partition coefficient (Wildman–Crippen LogP) is 2.18. The molecule has 0 saturated carbocycles. The van der Waals surface area contributed by atoms with Crippen LogP contribution in [0.4, 0.5) is 4.39 Å². The summed E-state index contributed by atoms with van der Waals surface area (Å²) < 4.78 is 20.8. The lowest BCUT2D eigenvalue weighted by Crippen LogP contribution is -2.38. The largest absolute Gasteiger partial charge is 0.495 e. The summed E-state index contributed by atoms with van der Waals surface area (Å²) in [7, 11) is 1.56. The highest BCUT2D eigenvalue weighted by molar-refractivity contribution is 6.15. The number of aliphatic hydroxyl groups is 2. The van der Waals surface area contributed by atoms with Crippen LogP contribution < -0.4 is 10.1 Å². The van der Waals surface area contributed by atoms with E-state index in [1.165, 1.54) is 29.2 Å². The SMILES string of the molecule is COc1cc(C=C2NC(=NCCO)N([C@H](CO)c3ccc(F)cc3)C2=O)ccc1-n1cnc(C)c1. The monoisotopic (exact) mass is 479 g/mol. The second kappa shape index (κ2) is 10.5. The van der Waals surface area contributed by atoms with Crippen LogP contribution in [0.15, 0.2) is 65.7 Å². The minimum absolute atomic E-state index is 0.0633. The van der Waals surface area contributed by atoms with Gasteiger partial charge in [-0.25, -0.2) is 9.37 Å². The smallest absolute Gasteiger partial charge is 0.277 e. The third-order valence-corrected chi connectivity index (χ3v) is 5.53. The Hall–Kier alpha value is -4.02. The molecule has 182 valence electrons. The summed E-state index contributed by atoms with van der Waals surface area (Å²) in [5.41, 5.74) is 3.14. The molecule has 0 spiro atoms. The Labute approximate surface area is 201 Å². The number of amides is 1. The number of ether oxygens (including phenoxy) is 1. The van der Waals surface area contributed by atoms with Gasteiger partial charge in [-0.3, -0.25) is 14.7 Å². The molecule has 9 nitrogen and oxygen atoms in total. The fourth-order valence-electron chi connectivity index (χ4n) is 3.86. The molecule has 1 fully saturated rings. The third-order valence-electron chi connectivity index (χ3n) is 5.53. The molecule has 1 amide bonds. The van der Waals surface area contributed by atoms with Gasteiger partial charge in [0.25, 0.3) is 5.91 Å². The molecular formula is C25H26FN5O4. The summed E-state index contributed by atoms with van der Waals surface area (Å²) in [5, 5.41) is 22.3. The van der Waals surface area contributed by atoms with Crippen LogP contribution >= 0.6 is 0 Å². The number of hydrogen-bond acceptors (Lipinski definition) is 6. The van der Waals surface area contributed by atoms with Crippen LogP contribution in [0.25, 0.3) is 11.8 Å². The molecule has 1 saturated heterocycles. The van der Waals surface area contributed by atoms with Gasteiger partial charge in [-0.2, -0.15) is 0 Å². The van der Waals surface area contributed by atoms with Crippen LogP contribution in [0.1, 0.15) is 22.9 Å². The van der Waals surface area contributed by atoms with E-state index >= 15 is 0 Å². The number of methoxy groups -OCH3 is 1. The van der Waals surface area contributed by atoms with Gasteiger partial charge in [0.1, 0.15) is 17.3 Å². The van der Waals surface area contributed by atoms with Crippen LogP contribution in [-0.2, 0) is 4.79 Å². The summed E-state index contributed by atoms with van der Waals surface area (Å²) >= 11 is 0. The predicted molar refractivity (Wildman–Crippen MR) is 128 cm³/mol. The maximum atomic E-state index is 13.4. The zero-order valence-electron chi connectivity index (χ0n) is 19.3. The number of carbonyl (C=O) groups is 1. The second-order valence-electron chi connectivity index (χ2n) is 7.89. The van der Waals surface area contributed by atoms with Gasteiger partial charge in [0.05, 0.1) is 50.6 Å². The molecule has 1 aliphatic heterocycles. The van der Waals surface area contributed by atoms with Crippen LogP contribution in [0, 0.1) is 12.7 Å². The first-order valence-corrected chi connectivity index (χ1v) is 11.0. The van der Waals surface area contributed by atoms with Gasteiger partial charge in [-0.1, -0.05) is 18.2 Å². The summed E-state index contributed by atoms with van der Waals surface area (Å²) in [6, 6.07) is 10.3. The molecule has 10 heteroatoms. The molecule has 3 aromatic rings. The van der Waals surface area contributed by atoms with Crippen LogP contribution in [0.2, 0.25) is 0 Å². The van der Waals surface area contributed by atoms with E-state index in [1.54, 1.807) is 25.6 Å². The Bertz CT molecular complexity index is 1270. The first-order valence-electron chi connectivity index (χ1n) is 11.0. The fourth-order valence-corrected chi connectivity index (χ4v) is 3.86. The van der Waals surface area contributed by atoms with Gasteiger partial charge in [0, 0.05) is 6.20 Å². The van der Waals surface area contributed by atoms with E-state index in [-0.39, 0.29) is 24.8 Å². The lowest BCUT2D eigenvalue weighted by molar-refractivity contribution is -0.124. The van der Waals surface area contributed by atoms with Crippen molar-refractivity contribution in [3.05, 3.63) is 83.3 Å². The second-order valence-corrected chi connectivity index (χ2v) is 7.89. The minimum Gasteiger partial charge on any atom is -0.495 e. The molecule has 4 rings (SSSR count). The number of carbonyl (C=O) groups excluding carboxylic acids is 1. The van der Waals surface area contributed by atoms with Crippen molar-refractivity contribution in [2.24, 2.45) is 4.99 Å². The van der Waals surface area contributed by atoms with Crippen LogP contribution in [-0.4, -0.2) is 63.4 Å². The molecule has 2 heterocycles. The third kappa shape index (κ3) is 5.08. The van der Waals surface area contributed by atoms with E-state index in [1.807, 2.05) is 29.8 Å². The van der Waals surface area contributed by atoms with Gasteiger partial charge in [-0.15, -0.1) is 0 Å². The Balaban J connectivity index is 1.69. The maximum Gasteiger partial charge on any atom is 0.277 e. The van der Waals surface area contributed by atoms with E-state index < -0.39 is 24.4 Å². The van der Waals surface area contributed by atoms with Crippen molar-refractivity contribution in [2.75, 3.05) is 26.9 Å². The number of aryl methyl sites for hydroxylation is 1. The lowest BCUT2D eigenvalue weighted by Gasteiger charge is -2.25. The van der Waals surface area contributed by atoms with Gasteiger partial charge < -0.3 is 24.8 Å². The summed E-state index contributed by atoms with van der Waals surface area (Å²) in [6.45, 7) is 1.34. The quantitative estimate of drug-likeness (QED) is 0.427. The van der Waals surface area contributed by atoms with E-state index in [4.69, 9.17) is 4.74 Å². The Morgan fingerprint density at radius 1 is 1.23 bits per heavy atom. The lowest BCUT2D eigenvalue weighted by atomic mass is 10.1. The fraction of sp³-hybridized carbons (Fsp3) is 0.240. The minimum atomic E-state index is -0.791. The van der Waals surface area contributed by atoms with Gasteiger partial charge in [0.15, 0.2) is 0 Å². The maximum absolute atomic E-state index is 13.4. The average molecular weight is 480 g/mol. The van der Waals surface area contributed by atoms with E-state index in [9.17, 15) is 19.4 Å². The van der Waals surface area contributed by atoms with E-state index in [0.717, 1.165) is 11.4 Å². The van der Waals surface area contributed by atoms with Gasteiger partial charge >= 0.3 is 0 Å². The molecule has 3 N–H and O–H groups in total. The molecule has 1 atom stereocenters. The molecule has 1 aromatic heterocycles. The number of aliphatic hydroxyl groups excluding tert-OH is 2.